The Morgan fingerprint density at radius 1 is 0.696 bits per heavy atom. The van der Waals surface area contributed by atoms with Crippen LogP contribution < -0.4 is 10.6 Å². The van der Waals surface area contributed by atoms with Gasteiger partial charge in [-0.15, -0.1) is 0 Å². The Morgan fingerprint density at radius 3 is 1.74 bits per heavy atom. The van der Waals surface area contributed by atoms with Gasteiger partial charge in [0, 0.05) is 5.66 Å². The zero-order valence-corrected chi connectivity index (χ0v) is 14.9. The monoisotopic (exact) mass is 318 g/mol. The molecule has 0 bridgehead atoms. The summed E-state index contributed by atoms with van der Waals surface area (Å²) in [5, 5.41) is 2.89. The van der Waals surface area contributed by atoms with E-state index in [0.717, 1.165) is 0 Å². The molecule has 0 saturated carbocycles. The number of hydrogen-bond donors (Lipinski definition) is 0. The summed E-state index contributed by atoms with van der Waals surface area (Å²) in [5.74, 6) is 0. The molecular formula is C22H23P. The van der Waals surface area contributed by atoms with Crippen molar-refractivity contribution in [3.05, 3.63) is 95.6 Å². The van der Waals surface area contributed by atoms with Gasteiger partial charge in [-0.05, 0) is 43.5 Å². The molecule has 0 N–H and O–H groups in total. The average Bonchev–Trinajstić information content (AvgIpc) is 2.59. The average molecular weight is 318 g/mol. The molecule has 1 atom stereocenters. The van der Waals surface area contributed by atoms with Crippen molar-refractivity contribution in [1.29, 1.82) is 0 Å². The Bertz CT molecular complexity index is 723. The molecule has 23 heavy (non-hydrogen) atoms. The lowest BCUT2D eigenvalue weighted by molar-refractivity contribution is 1.06. The molecule has 0 unspecified atom stereocenters. The molecule has 1 heteroatoms. The van der Waals surface area contributed by atoms with Crippen LogP contribution >= 0.6 is 7.92 Å². The van der Waals surface area contributed by atoms with Gasteiger partial charge in [0.15, 0.2) is 0 Å². The molecule has 0 amide bonds. The van der Waals surface area contributed by atoms with Crippen LogP contribution in [0.15, 0.2) is 78.9 Å². The van der Waals surface area contributed by atoms with E-state index in [1.807, 2.05) is 0 Å². The first-order valence-corrected chi connectivity index (χ1v) is 9.54. The van der Waals surface area contributed by atoms with Crippen molar-refractivity contribution < 1.29 is 0 Å². The molecule has 3 rings (SSSR count). The summed E-state index contributed by atoms with van der Waals surface area (Å²) in [7, 11) is -0.417. The standard InChI is InChI=1S/C22H23P/c1-17-14-15-18(2)22(16-17)19(3)23(20-10-6-4-7-11-20)21-12-8-5-9-13-21/h4-16,19H,1-3H3/t19-/m0/s1. The second kappa shape index (κ2) is 7.11. The summed E-state index contributed by atoms with van der Waals surface area (Å²) in [5.41, 5.74) is 4.70. The highest BCUT2D eigenvalue weighted by molar-refractivity contribution is 7.73. The van der Waals surface area contributed by atoms with E-state index in [1.165, 1.54) is 27.3 Å². The maximum atomic E-state index is 2.38. The summed E-state index contributed by atoms with van der Waals surface area (Å²) in [6.45, 7) is 6.80. The van der Waals surface area contributed by atoms with E-state index < -0.39 is 7.92 Å². The Morgan fingerprint density at radius 2 is 1.22 bits per heavy atom. The number of aryl methyl sites for hydroxylation is 2. The number of benzene rings is 3. The third kappa shape index (κ3) is 3.54. The zero-order chi connectivity index (χ0) is 16.2. The van der Waals surface area contributed by atoms with Crippen molar-refractivity contribution in [3.63, 3.8) is 0 Å². The van der Waals surface area contributed by atoms with Gasteiger partial charge in [0.2, 0.25) is 0 Å². The van der Waals surface area contributed by atoms with Crippen LogP contribution in [-0.2, 0) is 0 Å². The fourth-order valence-electron chi connectivity index (χ4n) is 3.12. The molecule has 3 aromatic rings. The van der Waals surface area contributed by atoms with Crippen LogP contribution in [0.5, 0.6) is 0 Å². The minimum absolute atomic E-state index is 0.417. The Labute approximate surface area is 141 Å². The van der Waals surface area contributed by atoms with Crippen LogP contribution in [0.25, 0.3) is 0 Å². The van der Waals surface area contributed by atoms with Crippen molar-refractivity contribution in [2.24, 2.45) is 0 Å². The molecular weight excluding hydrogens is 295 g/mol. The highest BCUT2D eigenvalue weighted by Gasteiger charge is 2.23. The van der Waals surface area contributed by atoms with E-state index in [9.17, 15) is 0 Å². The molecule has 0 aliphatic carbocycles. The van der Waals surface area contributed by atoms with Crippen molar-refractivity contribution in [3.8, 4) is 0 Å². The first kappa shape index (κ1) is 16.0. The van der Waals surface area contributed by atoms with Gasteiger partial charge in [0.25, 0.3) is 0 Å². The normalized spacial score (nSPS) is 12.3. The molecule has 0 spiro atoms. The molecule has 0 saturated heterocycles. The van der Waals surface area contributed by atoms with E-state index >= 15 is 0 Å². The molecule has 0 heterocycles. The summed E-state index contributed by atoms with van der Waals surface area (Å²) in [4.78, 5) is 0. The maximum Gasteiger partial charge on any atom is 0.00964 e. The lowest BCUT2D eigenvalue weighted by atomic mass is 10.0. The summed E-state index contributed by atoms with van der Waals surface area (Å²) < 4.78 is 0. The van der Waals surface area contributed by atoms with Gasteiger partial charge in [-0.1, -0.05) is 91.3 Å². The largest absolute Gasteiger partial charge is 0.0622 e. The maximum absolute atomic E-state index is 2.38. The van der Waals surface area contributed by atoms with Crippen molar-refractivity contribution in [2.75, 3.05) is 0 Å². The number of rotatable bonds is 4. The van der Waals surface area contributed by atoms with Gasteiger partial charge in [-0.2, -0.15) is 0 Å². The predicted molar refractivity (Wildman–Crippen MR) is 103 cm³/mol. The van der Waals surface area contributed by atoms with Crippen LogP contribution in [0.2, 0.25) is 0 Å². The summed E-state index contributed by atoms with van der Waals surface area (Å²) in [6, 6.07) is 28.8. The van der Waals surface area contributed by atoms with Crippen molar-refractivity contribution in [1.82, 2.24) is 0 Å². The minimum Gasteiger partial charge on any atom is -0.0622 e. The summed E-state index contributed by atoms with van der Waals surface area (Å²) in [6.07, 6.45) is 0. The highest BCUT2D eigenvalue weighted by atomic mass is 31.1. The molecule has 3 aromatic carbocycles. The number of hydrogen-bond acceptors (Lipinski definition) is 0. The van der Waals surface area contributed by atoms with Crippen LogP contribution in [0.3, 0.4) is 0 Å². The third-order valence-corrected chi connectivity index (χ3v) is 7.10. The Balaban J connectivity index is 2.10. The van der Waals surface area contributed by atoms with E-state index in [0.29, 0.717) is 5.66 Å². The smallest absolute Gasteiger partial charge is 0.00964 e. The van der Waals surface area contributed by atoms with Crippen molar-refractivity contribution in [2.45, 2.75) is 26.4 Å². The Hall–Kier alpha value is -1.91. The molecule has 0 aromatic heterocycles. The first-order chi connectivity index (χ1) is 11.2. The topological polar surface area (TPSA) is 0 Å². The molecule has 116 valence electrons. The van der Waals surface area contributed by atoms with Gasteiger partial charge in [-0.3, -0.25) is 0 Å². The van der Waals surface area contributed by atoms with Crippen molar-refractivity contribution >= 4 is 18.5 Å². The van der Waals surface area contributed by atoms with Gasteiger partial charge >= 0.3 is 0 Å². The third-order valence-electron chi connectivity index (χ3n) is 4.34. The molecule has 0 fully saturated rings. The van der Waals surface area contributed by atoms with Crippen LogP contribution in [0.1, 0.15) is 29.3 Å². The summed E-state index contributed by atoms with van der Waals surface area (Å²) >= 11 is 0. The van der Waals surface area contributed by atoms with Crippen LogP contribution in [0.4, 0.5) is 0 Å². The lowest BCUT2D eigenvalue weighted by Crippen LogP contribution is -2.16. The molecule has 0 aliphatic heterocycles. The van der Waals surface area contributed by atoms with Gasteiger partial charge in [0.1, 0.15) is 0 Å². The molecule has 0 radical (unpaired) electrons. The minimum atomic E-state index is -0.417. The molecule has 0 nitrogen and oxygen atoms in total. The SMILES string of the molecule is Cc1ccc(C)c([C@H](C)P(c2ccccc2)c2ccccc2)c1. The zero-order valence-electron chi connectivity index (χ0n) is 14.0. The van der Waals surface area contributed by atoms with Crippen LogP contribution in [0, 0.1) is 13.8 Å². The van der Waals surface area contributed by atoms with E-state index in [2.05, 4.69) is 99.6 Å². The van der Waals surface area contributed by atoms with E-state index in [1.54, 1.807) is 0 Å². The van der Waals surface area contributed by atoms with E-state index in [-0.39, 0.29) is 0 Å². The van der Waals surface area contributed by atoms with Gasteiger partial charge in [0.05, 0.1) is 0 Å². The van der Waals surface area contributed by atoms with Gasteiger partial charge in [-0.25, -0.2) is 0 Å². The quantitative estimate of drug-likeness (QED) is 0.557. The van der Waals surface area contributed by atoms with Gasteiger partial charge < -0.3 is 0 Å². The second-order valence-electron chi connectivity index (χ2n) is 6.08. The predicted octanol–water partition coefficient (Wildman–Crippen LogP) is 5.50. The Kier molecular flexibility index (Phi) is 4.94. The molecule has 0 aliphatic rings. The highest BCUT2D eigenvalue weighted by Crippen LogP contribution is 2.49. The van der Waals surface area contributed by atoms with Crippen LogP contribution in [-0.4, -0.2) is 0 Å². The first-order valence-electron chi connectivity index (χ1n) is 8.13. The fraction of sp³-hybridized carbons (Fsp3) is 0.182. The second-order valence-corrected chi connectivity index (χ2v) is 8.62. The lowest BCUT2D eigenvalue weighted by Gasteiger charge is -2.27. The van der Waals surface area contributed by atoms with E-state index in [4.69, 9.17) is 0 Å². The fourth-order valence-corrected chi connectivity index (χ4v) is 5.86.